The molecule has 0 aliphatic rings. The van der Waals surface area contributed by atoms with E-state index in [4.69, 9.17) is 0 Å². The highest BCUT2D eigenvalue weighted by Crippen LogP contribution is 2.30. The number of alkyl halides is 3. The van der Waals surface area contributed by atoms with Crippen LogP contribution in [0.15, 0.2) is 48.7 Å². The Morgan fingerprint density at radius 1 is 1.05 bits per heavy atom. The summed E-state index contributed by atoms with van der Waals surface area (Å²) in [7, 11) is 0. The quantitative estimate of drug-likeness (QED) is 0.546. The van der Waals surface area contributed by atoms with Gasteiger partial charge in [0.1, 0.15) is 5.82 Å². The summed E-state index contributed by atoms with van der Waals surface area (Å²) in [6, 6.07) is 8.03. The Bertz CT molecular complexity index is 864. The molecule has 0 aliphatic heterocycles. The summed E-state index contributed by atoms with van der Waals surface area (Å²) in [6.45, 7) is 0. The van der Waals surface area contributed by atoms with Gasteiger partial charge >= 0.3 is 6.18 Å². The highest BCUT2D eigenvalue weighted by Gasteiger charge is 2.31. The number of aromatic nitrogens is 1. The molecule has 0 spiro atoms. The standard InChI is InChI=1S/C16H9F4NO/c17-11-4-5-14-12(7-11)13(8-21-14)15(22)9-2-1-3-10(6-9)16(18,19)20/h1-8,21H. The first kappa shape index (κ1) is 14.3. The van der Waals surface area contributed by atoms with Crippen molar-refractivity contribution in [1.29, 1.82) is 0 Å². The highest BCUT2D eigenvalue weighted by atomic mass is 19.4. The van der Waals surface area contributed by atoms with Crippen molar-refractivity contribution in [2.45, 2.75) is 6.18 Å². The molecule has 0 atom stereocenters. The molecule has 6 heteroatoms. The summed E-state index contributed by atoms with van der Waals surface area (Å²) in [5.74, 6) is -1.12. The van der Waals surface area contributed by atoms with E-state index in [0.717, 1.165) is 12.1 Å². The zero-order valence-electron chi connectivity index (χ0n) is 11.0. The molecule has 0 saturated carbocycles. The van der Waals surface area contributed by atoms with Gasteiger partial charge in [-0.3, -0.25) is 4.79 Å². The SMILES string of the molecule is O=C(c1cccc(C(F)(F)F)c1)c1c[nH]c2ccc(F)cc12. The van der Waals surface area contributed by atoms with Crippen LogP contribution in [0, 0.1) is 5.82 Å². The fourth-order valence-electron chi connectivity index (χ4n) is 2.27. The van der Waals surface area contributed by atoms with Crippen molar-refractivity contribution in [3.63, 3.8) is 0 Å². The molecule has 0 saturated heterocycles. The van der Waals surface area contributed by atoms with Crippen molar-refractivity contribution >= 4 is 16.7 Å². The average molecular weight is 307 g/mol. The van der Waals surface area contributed by atoms with Crippen LogP contribution in [0.4, 0.5) is 17.6 Å². The number of ketones is 1. The zero-order valence-corrected chi connectivity index (χ0v) is 11.0. The molecule has 0 aliphatic carbocycles. The molecule has 0 fully saturated rings. The maximum Gasteiger partial charge on any atom is 0.416 e. The second-order valence-corrected chi connectivity index (χ2v) is 4.80. The molecule has 112 valence electrons. The number of halogens is 4. The van der Waals surface area contributed by atoms with Crippen LogP contribution in [-0.4, -0.2) is 10.8 Å². The number of hydrogen-bond donors (Lipinski definition) is 1. The lowest BCUT2D eigenvalue weighted by Crippen LogP contribution is -2.08. The summed E-state index contributed by atoms with van der Waals surface area (Å²) in [5.41, 5.74) is -0.324. The van der Waals surface area contributed by atoms with Gasteiger partial charge in [-0.2, -0.15) is 13.2 Å². The van der Waals surface area contributed by atoms with Crippen LogP contribution in [0.5, 0.6) is 0 Å². The van der Waals surface area contributed by atoms with Crippen LogP contribution in [0.25, 0.3) is 10.9 Å². The fraction of sp³-hybridized carbons (Fsp3) is 0.0625. The number of hydrogen-bond acceptors (Lipinski definition) is 1. The largest absolute Gasteiger partial charge is 0.416 e. The summed E-state index contributed by atoms with van der Waals surface area (Å²) >= 11 is 0. The van der Waals surface area contributed by atoms with Crippen LogP contribution >= 0.6 is 0 Å². The number of aromatic amines is 1. The van der Waals surface area contributed by atoms with E-state index in [9.17, 15) is 22.4 Å². The van der Waals surface area contributed by atoms with E-state index in [0.29, 0.717) is 10.9 Å². The molecular weight excluding hydrogens is 298 g/mol. The summed E-state index contributed by atoms with van der Waals surface area (Å²) < 4.78 is 51.4. The number of H-pyrrole nitrogens is 1. The Morgan fingerprint density at radius 2 is 1.82 bits per heavy atom. The van der Waals surface area contributed by atoms with Crippen LogP contribution in [0.1, 0.15) is 21.5 Å². The predicted octanol–water partition coefficient (Wildman–Crippen LogP) is 4.56. The third-order valence-corrected chi connectivity index (χ3v) is 3.34. The van der Waals surface area contributed by atoms with Gasteiger partial charge < -0.3 is 4.98 Å². The molecule has 22 heavy (non-hydrogen) atoms. The van der Waals surface area contributed by atoms with E-state index >= 15 is 0 Å². The van der Waals surface area contributed by atoms with Gasteiger partial charge in [-0.1, -0.05) is 12.1 Å². The van der Waals surface area contributed by atoms with Gasteiger partial charge in [0.15, 0.2) is 5.78 Å². The number of fused-ring (bicyclic) bond motifs is 1. The summed E-state index contributed by atoms with van der Waals surface area (Å²) in [4.78, 5) is 15.2. The number of benzene rings is 2. The maximum atomic E-state index is 13.3. The van der Waals surface area contributed by atoms with Gasteiger partial charge in [-0.25, -0.2) is 4.39 Å². The normalized spacial score (nSPS) is 11.8. The third kappa shape index (κ3) is 2.47. The minimum absolute atomic E-state index is 0.0972. The van der Waals surface area contributed by atoms with Crippen LogP contribution in [-0.2, 0) is 6.18 Å². The first-order chi connectivity index (χ1) is 10.4. The van der Waals surface area contributed by atoms with Crippen molar-refractivity contribution in [2.24, 2.45) is 0 Å². The van der Waals surface area contributed by atoms with Gasteiger partial charge in [-0.05, 0) is 30.3 Å². The predicted molar refractivity (Wildman–Crippen MR) is 73.1 cm³/mol. The number of rotatable bonds is 2. The van der Waals surface area contributed by atoms with E-state index in [1.165, 1.54) is 36.5 Å². The molecule has 0 bridgehead atoms. The van der Waals surface area contributed by atoms with Crippen molar-refractivity contribution in [3.05, 3.63) is 71.2 Å². The summed E-state index contributed by atoms with van der Waals surface area (Å²) in [5, 5.41) is 0.336. The minimum Gasteiger partial charge on any atom is -0.360 e. The van der Waals surface area contributed by atoms with Gasteiger partial charge in [0.05, 0.1) is 5.56 Å². The van der Waals surface area contributed by atoms with E-state index in [2.05, 4.69) is 4.98 Å². The number of nitrogens with one attached hydrogen (secondary N) is 1. The molecular formula is C16H9F4NO. The molecule has 3 rings (SSSR count). The van der Waals surface area contributed by atoms with E-state index in [-0.39, 0.29) is 11.1 Å². The lowest BCUT2D eigenvalue weighted by Gasteiger charge is -2.08. The average Bonchev–Trinajstić information content (AvgIpc) is 2.88. The first-order valence-electron chi connectivity index (χ1n) is 6.35. The van der Waals surface area contributed by atoms with Crippen molar-refractivity contribution in [2.75, 3.05) is 0 Å². The van der Waals surface area contributed by atoms with Crippen molar-refractivity contribution in [1.82, 2.24) is 4.98 Å². The van der Waals surface area contributed by atoms with Crippen molar-refractivity contribution < 1.29 is 22.4 Å². The lowest BCUT2D eigenvalue weighted by molar-refractivity contribution is -0.137. The Hall–Kier alpha value is -2.63. The molecule has 2 aromatic carbocycles. The fourth-order valence-corrected chi connectivity index (χ4v) is 2.27. The first-order valence-corrected chi connectivity index (χ1v) is 6.35. The monoisotopic (exact) mass is 307 g/mol. The maximum absolute atomic E-state index is 13.3. The van der Waals surface area contributed by atoms with Crippen LogP contribution in [0.2, 0.25) is 0 Å². The molecule has 1 heterocycles. The molecule has 0 unspecified atom stereocenters. The van der Waals surface area contributed by atoms with Crippen LogP contribution < -0.4 is 0 Å². The van der Waals surface area contributed by atoms with Crippen molar-refractivity contribution in [3.8, 4) is 0 Å². The van der Waals surface area contributed by atoms with Gasteiger partial charge in [0.2, 0.25) is 0 Å². The van der Waals surface area contributed by atoms with E-state index in [1.807, 2.05) is 0 Å². The third-order valence-electron chi connectivity index (χ3n) is 3.34. The smallest absolute Gasteiger partial charge is 0.360 e. The Morgan fingerprint density at radius 3 is 2.55 bits per heavy atom. The summed E-state index contributed by atoms with van der Waals surface area (Å²) in [6.07, 6.45) is -3.16. The van der Waals surface area contributed by atoms with E-state index < -0.39 is 23.3 Å². The van der Waals surface area contributed by atoms with Crippen LogP contribution in [0.3, 0.4) is 0 Å². The Kier molecular flexibility index (Phi) is 3.24. The molecule has 2 nitrogen and oxygen atoms in total. The van der Waals surface area contributed by atoms with Gasteiger partial charge in [0.25, 0.3) is 0 Å². The molecule has 0 radical (unpaired) electrons. The highest BCUT2D eigenvalue weighted by molar-refractivity contribution is 6.16. The topological polar surface area (TPSA) is 32.9 Å². The number of carbonyl (C=O) groups is 1. The van der Waals surface area contributed by atoms with Gasteiger partial charge in [-0.15, -0.1) is 0 Å². The van der Waals surface area contributed by atoms with E-state index in [1.54, 1.807) is 0 Å². The molecule has 1 N–H and O–H groups in total. The number of carbonyl (C=O) groups excluding carboxylic acids is 1. The lowest BCUT2D eigenvalue weighted by atomic mass is 10.0. The Balaban J connectivity index is 2.08. The second-order valence-electron chi connectivity index (χ2n) is 4.80. The molecule has 0 amide bonds. The van der Waals surface area contributed by atoms with Gasteiger partial charge in [0, 0.05) is 28.2 Å². The Labute approximate surface area is 122 Å². The molecule has 1 aromatic heterocycles. The second kappa shape index (κ2) is 4.98. The molecule has 3 aromatic rings. The zero-order chi connectivity index (χ0) is 15.9. The minimum atomic E-state index is -4.53.